The number of halogens is 2. The van der Waals surface area contributed by atoms with Crippen molar-refractivity contribution < 1.29 is 18.4 Å². The van der Waals surface area contributed by atoms with Crippen LogP contribution in [-0.2, 0) is 4.79 Å². The van der Waals surface area contributed by atoms with Crippen LogP contribution < -0.4 is 5.32 Å². The molecule has 0 bridgehead atoms. The molecule has 0 aliphatic carbocycles. The summed E-state index contributed by atoms with van der Waals surface area (Å²) in [6.45, 7) is 3.47. The first-order chi connectivity index (χ1) is 11.3. The van der Waals surface area contributed by atoms with Crippen LogP contribution in [0.3, 0.4) is 0 Å². The van der Waals surface area contributed by atoms with E-state index >= 15 is 0 Å². The van der Waals surface area contributed by atoms with Gasteiger partial charge in [-0.25, -0.2) is 8.78 Å². The van der Waals surface area contributed by atoms with Crippen molar-refractivity contribution in [1.29, 1.82) is 0 Å². The van der Waals surface area contributed by atoms with Crippen LogP contribution in [0.1, 0.15) is 21.5 Å². The van der Waals surface area contributed by atoms with Gasteiger partial charge in [0, 0.05) is 12.7 Å². The van der Waals surface area contributed by atoms with Crippen LogP contribution >= 0.6 is 0 Å². The molecule has 6 heteroatoms. The first-order valence-corrected chi connectivity index (χ1v) is 7.36. The van der Waals surface area contributed by atoms with Gasteiger partial charge in [-0.05, 0) is 43.2 Å². The topological polar surface area (TPSA) is 49.4 Å². The number of amides is 2. The van der Waals surface area contributed by atoms with Gasteiger partial charge in [0.25, 0.3) is 5.91 Å². The molecule has 0 fully saturated rings. The van der Waals surface area contributed by atoms with E-state index in [0.717, 1.165) is 28.2 Å². The summed E-state index contributed by atoms with van der Waals surface area (Å²) in [5.74, 6) is -3.25. The van der Waals surface area contributed by atoms with E-state index in [4.69, 9.17) is 0 Å². The molecule has 0 aliphatic heterocycles. The molecule has 0 unspecified atom stereocenters. The third kappa shape index (κ3) is 3.76. The number of carbonyl (C=O) groups is 2. The van der Waals surface area contributed by atoms with Crippen LogP contribution in [0, 0.1) is 25.5 Å². The minimum absolute atomic E-state index is 0.319. The van der Waals surface area contributed by atoms with Gasteiger partial charge in [0.1, 0.15) is 17.2 Å². The molecule has 2 rings (SSSR count). The minimum atomic E-state index is -0.957. The summed E-state index contributed by atoms with van der Waals surface area (Å²) in [5, 5.41) is 2.70. The molecule has 0 aromatic heterocycles. The number of benzene rings is 2. The highest BCUT2D eigenvalue weighted by molar-refractivity contribution is 5.99. The molecule has 2 amide bonds. The number of hydrogen-bond acceptors (Lipinski definition) is 2. The number of rotatable bonds is 4. The maximum atomic E-state index is 13.7. The van der Waals surface area contributed by atoms with Crippen molar-refractivity contribution >= 4 is 17.5 Å². The van der Waals surface area contributed by atoms with E-state index in [-0.39, 0.29) is 6.54 Å². The highest BCUT2D eigenvalue weighted by atomic mass is 19.1. The Morgan fingerprint density at radius 2 is 1.62 bits per heavy atom. The summed E-state index contributed by atoms with van der Waals surface area (Å²) in [5.41, 5.74) is 1.91. The molecular formula is C18H18F2N2O2. The van der Waals surface area contributed by atoms with Gasteiger partial charge in [-0.15, -0.1) is 0 Å². The van der Waals surface area contributed by atoms with Gasteiger partial charge in [-0.1, -0.05) is 18.2 Å². The number of aryl methyl sites for hydroxylation is 1. The first-order valence-electron chi connectivity index (χ1n) is 7.36. The van der Waals surface area contributed by atoms with Crippen LogP contribution in [-0.4, -0.2) is 30.3 Å². The Balaban J connectivity index is 2.09. The molecule has 2 aromatic rings. The van der Waals surface area contributed by atoms with Gasteiger partial charge >= 0.3 is 0 Å². The SMILES string of the molecule is Cc1cccc(NC(=O)CN(C)C(=O)c2c(F)cccc2F)c1C. The van der Waals surface area contributed by atoms with Crippen molar-refractivity contribution in [3.8, 4) is 0 Å². The fourth-order valence-electron chi connectivity index (χ4n) is 2.26. The lowest BCUT2D eigenvalue weighted by Gasteiger charge is -2.18. The van der Waals surface area contributed by atoms with Crippen molar-refractivity contribution in [2.45, 2.75) is 13.8 Å². The second-order valence-electron chi connectivity index (χ2n) is 5.55. The van der Waals surface area contributed by atoms with Crippen LogP contribution in [0.5, 0.6) is 0 Å². The smallest absolute Gasteiger partial charge is 0.260 e. The molecule has 126 valence electrons. The monoisotopic (exact) mass is 332 g/mol. The zero-order valence-electron chi connectivity index (χ0n) is 13.7. The average molecular weight is 332 g/mol. The van der Waals surface area contributed by atoms with Crippen molar-refractivity contribution in [3.63, 3.8) is 0 Å². The second kappa shape index (κ2) is 7.21. The molecule has 0 saturated carbocycles. The summed E-state index contributed by atoms with van der Waals surface area (Å²) in [6, 6.07) is 8.65. The van der Waals surface area contributed by atoms with E-state index in [1.165, 1.54) is 13.1 Å². The van der Waals surface area contributed by atoms with Gasteiger partial charge in [0.2, 0.25) is 5.91 Å². The normalized spacial score (nSPS) is 10.4. The number of hydrogen-bond donors (Lipinski definition) is 1. The minimum Gasteiger partial charge on any atom is -0.332 e. The summed E-state index contributed by atoms with van der Waals surface area (Å²) in [4.78, 5) is 25.2. The fraction of sp³-hybridized carbons (Fsp3) is 0.222. The number of nitrogens with zero attached hydrogens (tertiary/aromatic N) is 1. The standard InChI is InChI=1S/C18H18F2N2O2/c1-11-6-4-9-15(12(11)2)21-16(23)10-22(3)18(24)17-13(19)7-5-8-14(17)20/h4-9H,10H2,1-3H3,(H,21,23). The van der Waals surface area contributed by atoms with E-state index in [1.54, 1.807) is 6.07 Å². The number of anilines is 1. The number of carbonyl (C=O) groups excluding carboxylic acids is 2. The Bertz CT molecular complexity index is 770. The Morgan fingerprint density at radius 3 is 2.25 bits per heavy atom. The van der Waals surface area contributed by atoms with E-state index in [0.29, 0.717) is 5.69 Å². The van der Waals surface area contributed by atoms with Gasteiger partial charge in [0.05, 0.1) is 6.54 Å². The third-order valence-corrected chi connectivity index (χ3v) is 3.78. The van der Waals surface area contributed by atoms with Gasteiger partial charge in [-0.2, -0.15) is 0 Å². The van der Waals surface area contributed by atoms with Crippen molar-refractivity contribution in [3.05, 3.63) is 64.7 Å². The molecule has 2 aromatic carbocycles. The lowest BCUT2D eigenvalue weighted by Crippen LogP contribution is -2.36. The highest BCUT2D eigenvalue weighted by Gasteiger charge is 2.22. The molecule has 24 heavy (non-hydrogen) atoms. The Morgan fingerprint density at radius 1 is 1.04 bits per heavy atom. The number of nitrogens with one attached hydrogen (secondary N) is 1. The van der Waals surface area contributed by atoms with Gasteiger partial charge in [0.15, 0.2) is 0 Å². The first kappa shape index (κ1) is 17.6. The predicted octanol–water partition coefficient (Wildman–Crippen LogP) is 3.29. The Hall–Kier alpha value is -2.76. The summed E-state index contributed by atoms with van der Waals surface area (Å²) >= 11 is 0. The molecular weight excluding hydrogens is 314 g/mol. The van der Waals surface area contributed by atoms with Crippen LogP contribution in [0.2, 0.25) is 0 Å². The van der Waals surface area contributed by atoms with Crippen LogP contribution in [0.15, 0.2) is 36.4 Å². The zero-order valence-corrected chi connectivity index (χ0v) is 13.7. The van der Waals surface area contributed by atoms with Gasteiger partial charge < -0.3 is 10.2 Å². The largest absolute Gasteiger partial charge is 0.332 e. The summed E-state index contributed by atoms with van der Waals surface area (Å²) in [7, 11) is 1.32. The third-order valence-electron chi connectivity index (χ3n) is 3.78. The van der Waals surface area contributed by atoms with Crippen molar-refractivity contribution in [2.75, 3.05) is 18.9 Å². The molecule has 0 heterocycles. The predicted molar refractivity (Wildman–Crippen MR) is 87.9 cm³/mol. The molecule has 4 nitrogen and oxygen atoms in total. The summed E-state index contributed by atoms with van der Waals surface area (Å²) < 4.78 is 27.3. The zero-order chi connectivity index (χ0) is 17.9. The molecule has 0 atom stereocenters. The quantitative estimate of drug-likeness (QED) is 0.934. The average Bonchev–Trinajstić information content (AvgIpc) is 2.51. The van der Waals surface area contributed by atoms with E-state index in [9.17, 15) is 18.4 Å². The fourth-order valence-corrected chi connectivity index (χ4v) is 2.26. The van der Waals surface area contributed by atoms with Crippen molar-refractivity contribution in [2.24, 2.45) is 0 Å². The maximum Gasteiger partial charge on any atom is 0.260 e. The van der Waals surface area contributed by atoms with E-state index in [1.807, 2.05) is 26.0 Å². The maximum absolute atomic E-state index is 13.7. The lowest BCUT2D eigenvalue weighted by atomic mass is 10.1. The Kier molecular flexibility index (Phi) is 5.28. The molecule has 0 aliphatic rings. The van der Waals surface area contributed by atoms with E-state index < -0.39 is 29.0 Å². The van der Waals surface area contributed by atoms with E-state index in [2.05, 4.69) is 5.32 Å². The Labute approximate surface area is 139 Å². The number of likely N-dealkylation sites (N-methyl/N-ethyl adjacent to an activating group) is 1. The molecule has 0 radical (unpaired) electrons. The van der Waals surface area contributed by atoms with Gasteiger partial charge in [-0.3, -0.25) is 9.59 Å². The molecule has 0 saturated heterocycles. The van der Waals surface area contributed by atoms with Crippen LogP contribution in [0.4, 0.5) is 14.5 Å². The highest BCUT2D eigenvalue weighted by Crippen LogP contribution is 2.18. The lowest BCUT2D eigenvalue weighted by molar-refractivity contribution is -0.116. The van der Waals surface area contributed by atoms with Crippen molar-refractivity contribution in [1.82, 2.24) is 4.90 Å². The molecule has 0 spiro atoms. The van der Waals surface area contributed by atoms with Crippen LogP contribution in [0.25, 0.3) is 0 Å². The summed E-state index contributed by atoms with van der Waals surface area (Å²) in [6.07, 6.45) is 0. The molecule has 1 N–H and O–H groups in total. The second-order valence-corrected chi connectivity index (χ2v) is 5.55.